The Labute approximate surface area is 470 Å². The Bertz CT molecular complexity index is 5910. The Morgan fingerprint density at radius 3 is 1.73 bits per heavy atom. The highest BCUT2D eigenvalue weighted by Gasteiger charge is 2.58. The molecule has 2 aromatic heterocycles. The Balaban J connectivity index is 1.32. The maximum absolute atomic E-state index is 11.0. The van der Waals surface area contributed by atoms with Gasteiger partial charge in [0.1, 0.15) is 0 Å². The van der Waals surface area contributed by atoms with E-state index in [9.17, 15) is 34.3 Å². The highest BCUT2D eigenvalue weighted by molar-refractivity contribution is 7.20. The van der Waals surface area contributed by atoms with Crippen LogP contribution in [0.25, 0.3) is 61.4 Å². The Morgan fingerprint density at radius 2 is 0.986 bits per heavy atom. The average Bonchev–Trinajstić information content (AvgIpc) is 1.65. The number of rotatable bonds is 9. The zero-order valence-electron chi connectivity index (χ0n) is 75.1. The summed E-state index contributed by atoms with van der Waals surface area (Å²) < 4.78 is 360. The fourth-order valence-corrected chi connectivity index (χ4v) is 13.6. The van der Waals surface area contributed by atoms with Crippen LogP contribution in [0.1, 0.15) is 97.2 Å². The number of benzene rings is 9. The van der Waals surface area contributed by atoms with Crippen LogP contribution in [0, 0.1) is 0 Å². The van der Waals surface area contributed by atoms with Crippen molar-refractivity contribution < 1.29 is 52.1 Å². The summed E-state index contributed by atoms with van der Waals surface area (Å²) in [5, 5.41) is -6.16. The van der Waals surface area contributed by atoms with E-state index in [1.54, 1.807) is 13.8 Å². The summed E-state index contributed by atoms with van der Waals surface area (Å²) in [5.74, 6) is -3.01. The molecule has 2 aliphatic rings. The molecule has 0 amide bonds. The normalized spacial score (nSPS) is 25.1. The molecule has 0 bridgehead atoms. The second kappa shape index (κ2) is 17.0. The zero-order chi connectivity index (χ0) is 80.6. The van der Waals surface area contributed by atoms with Crippen molar-refractivity contribution in [2.75, 3.05) is 4.90 Å². The summed E-state index contributed by atoms with van der Waals surface area (Å²) in [6.45, 7) is 3.34. The van der Waals surface area contributed by atoms with Gasteiger partial charge < -0.3 is 9.47 Å². The molecule has 0 radical (unpaired) electrons. The van der Waals surface area contributed by atoms with Crippen molar-refractivity contribution in [1.29, 1.82) is 0 Å². The lowest BCUT2D eigenvalue weighted by molar-refractivity contribution is 0.193. The van der Waals surface area contributed by atoms with Crippen molar-refractivity contribution in [3.05, 3.63) is 241 Å². The number of anilines is 2. The first-order valence-electron chi connectivity index (χ1n) is 41.0. The first-order valence-corrected chi connectivity index (χ1v) is 24.0. The van der Waals surface area contributed by atoms with Crippen LogP contribution in [-0.4, -0.2) is 33.1 Å². The van der Waals surface area contributed by atoms with Crippen molar-refractivity contribution in [1.82, 2.24) is 19.5 Å². The molecule has 6 heteroatoms. The minimum Gasteiger partial charge on any atom is -0.309 e. The van der Waals surface area contributed by atoms with Crippen LogP contribution in [-0.2, 0) is 5.41 Å². The van der Waals surface area contributed by atoms with Crippen molar-refractivity contribution in [3.8, 4) is 39.6 Å². The summed E-state index contributed by atoms with van der Waals surface area (Å²) in [5.41, 5.74) is -9.73. The predicted molar refractivity (Wildman–Crippen MR) is 297 cm³/mol. The van der Waals surface area contributed by atoms with Crippen LogP contribution in [0.3, 0.4) is 0 Å². The third-order valence-electron chi connectivity index (χ3n) is 13.5. The van der Waals surface area contributed by atoms with Crippen molar-refractivity contribution >= 4 is 62.3 Å². The lowest BCUT2D eigenvalue weighted by Gasteiger charge is -2.49. The first kappa shape index (κ1) is 18.9. The van der Waals surface area contributed by atoms with Crippen molar-refractivity contribution in [2.45, 2.75) is 50.5 Å². The molecule has 2 atom stereocenters. The Morgan fingerprint density at radius 1 is 0.451 bits per heavy atom. The van der Waals surface area contributed by atoms with E-state index in [4.69, 9.17) is 32.8 Å². The molecule has 11 aromatic rings. The van der Waals surface area contributed by atoms with Gasteiger partial charge in [0, 0.05) is 33.0 Å². The largest absolute Gasteiger partial charge is 0.309 e. The van der Waals surface area contributed by atoms with Gasteiger partial charge in [-0.25, -0.2) is 4.98 Å². The van der Waals surface area contributed by atoms with Gasteiger partial charge in [-0.05, 0) is 87.4 Å². The smallest absolute Gasteiger partial charge is 0.234 e. The number of nitrogens with zero attached hydrogens (tertiary/aromatic N) is 5. The molecular formula is C65H53N5Si. The molecule has 1 aliphatic heterocycles. The standard InChI is InChI=1S/C65H53N5Si/c1-64-42-20-21-43-65(64,2)70(60-41-19-15-37-56(60)64)63-67-61(66-62(68-63)55-36-14-18-40-59(55)69-57-38-16-12-34-53(57)54-35-13-17-39-58(54)69)48-27-23-33-52(45-48)71(49-28-8-4-9-29-49,50-30-10-5-11-31-50)51-32-22-26-47(44-51)46-24-6-3-7-25-46/h3-19,22-41,44-45H,20-21,42-43H2,1-2H3/i3D,4D,5D,6D,7D,8D,9D,10D,11D,12D,13D,14D,15D,16D,17D,18D,19D,22D,23D,24D,25D,26D,27D,28D,29D,30D,31D,32D,33D,34D,36D,37D,38D,39D,40D,41D,44D,45D. The van der Waals surface area contributed by atoms with Crippen LogP contribution >= 0.6 is 0 Å². The zero-order valence-corrected chi connectivity index (χ0v) is 38.1. The molecule has 0 saturated heterocycles. The minimum absolute atomic E-state index is 0.00797. The van der Waals surface area contributed by atoms with Crippen molar-refractivity contribution in [2.24, 2.45) is 0 Å². The summed E-state index contributed by atoms with van der Waals surface area (Å²) in [7, 11) is -6.92. The lowest BCUT2D eigenvalue weighted by Crippen LogP contribution is -2.74. The van der Waals surface area contributed by atoms with Gasteiger partial charge in [-0.15, -0.1) is 0 Å². The molecular weight excluding hydrogens is 879 g/mol. The fourth-order valence-electron chi connectivity index (χ4n) is 10.0. The fraction of sp³-hybridized carbons (Fsp3) is 0.123. The van der Waals surface area contributed by atoms with E-state index in [-0.39, 0.29) is 29.5 Å². The topological polar surface area (TPSA) is 46.8 Å². The number of hydrogen-bond acceptors (Lipinski definition) is 4. The SMILES string of the molecule is [2H]c1cc2c3c([2H])c([2H])c([2H])c([2H])c3n(-c3c([2H])c([2H])c([2H])c([2H])c3-c3nc(-c4c([2H])c([2H])c([2H])c([Si](c5c([2H])c([2H])c([2H])c([2H])c5[2H])(c5c([2H])c([2H])c([2H])c([2H])c5[2H])c5c([2H])c([2H])c([2H])c(-c6c([2H])c([2H])c([2H])c([2H])c6[2H])c5[2H])c4[2H])nc(N4c5c([2H])c([2H])c([2H])c([2H])c5C5(C)CCCCC45C)n3)c2c([2H])c1[2H]. The molecule has 3 heterocycles. The van der Waals surface area contributed by atoms with E-state index in [1.165, 1.54) is 4.90 Å². The minimum atomic E-state index is -6.92. The summed E-state index contributed by atoms with van der Waals surface area (Å²) in [6.07, 6.45) is 1.05. The molecule has 9 aromatic carbocycles. The van der Waals surface area contributed by atoms with E-state index < -0.39 is 331 Å². The molecule has 1 saturated carbocycles. The van der Waals surface area contributed by atoms with Crippen molar-refractivity contribution in [3.63, 3.8) is 0 Å². The van der Waals surface area contributed by atoms with Gasteiger partial charge in [0.15, 0.2) is 19.7 Å². The molecule has 0 N–H and O–H groups in total. The first-order chi connectivity index (χ1) is 50.7. The van der Waals surface area contributed by atoms with Crippen LogP contribution < -0.4 is 25.6 Å². The van der Waals surface area contributed by atoms with E-state index in [2.05, 4.69) is 0 Å². The molecule has 71 heavy (non-hydrogen) atoms. The molecule has 2 unspecified atom stereocenters. The number of fused-ring (bicyclic) bond motifs is 6. The number of para-hydroxylation sites is 4. The summed E-state index contributed by atoms with van der Waals surface area (Å²) in [4.78, 5) is 15.8. The number of aromatic nitrogens is 4. The molecule has 0 spiro atoms. The summed E-state index contributed by atoms with van der Waals surface area (Å²) >= 11 is 0. The Hall–Kier alpha value is -8.19. The van der Waals surface area contributed by atoms with E-state index in [0.29, 0.717) is 12.8 Å². The molecule has 1 aliphatic carbocycles. The third kappa shape index (κ3) is 6.69. The monoisotopic (exact) mass is 970 g/mol. The van der Waals surface area contributed by atoms with Gasteiger partial charge in [0.05, 0.1) is 74.3 Å². The van der Waals surface area contributed by atoms with Gasteiger partial charge in [0.25, 0.3) is 0 Å². The van der Waals surface area contributed by atoms with Crippen LogP contribution in [0.4, 0.5) is 11.6 Å². The quantitative estimate of drug-likeness (QED) is 0.107. The van der Waals surface area contributed by atoms with E-state index >= 15 is 0 Å². The second-order valence-electron chi connectivity index (χ2n) is 17.0. The molecule has 13 rings (SSSR count). The van der Waals surface area contributed by atoms with E-state index in [0.717, 1.165) is 10.6 Å². The third-order valence-corrected chi connectivity index (χ3v) is 17.5. The average molecular weight is 970 g/mol. The second-order valence-corrected chi connectivity index (χ2v) is 20.5. The van der Waals surface area contributed by atoms with Gasteiger partial charge in [0.2, 0.25) is 5.95 Å². The lowest BCUT2D eigenvalue weighted by atomic mass is 9.61. The Kier molecular flexibility index (Phi) is 4.53. The molecule has 5 nitrogen and oxygen atoms in total. The van der Waals surface area contributed by atoms with Gasteiger partial charge in [-0.3, -0.25) is 0 Å². The number of hydrogen-bond donors (Lipinski definition) is 0. The molecule has 342 valence electrons. The van der Waals surface area contributed by atoms with Crippen LogP contribution in [0.15, 0.2) is 236 Å². The van der Waals surface area contributed by atoms with Gasteiger partial charge in [-0.1, -0.05) is 225 Å². The van der Waals surface area contributed by atoms with Gasteiger partial charge in [-0.2, -0.15) is 9.97 Å². The van der Waals surface area contributed by atoms with E-state index in [1.807, 2.05) is 0 Å². The van der Waals surface area contributed by atoms with Crippen LogP contribution in [0.5, 0.6) is 0 Å². The highest BCUT2D eigenvalue weighted by Crippen LogP contribution is 2.60. The molecule has 1 fully saturated rings. The van der Waals surface area contributed by atoms with Gasteiger partial charge >= 0.3 is 0 Å². The van der Waals surface area contributed by atoms with Crippen LogP contribution in [0.2, 0.25) is 0 Å². The maximum atomic E-state index is 11.0. The maximum Gasteiger partial charge on any atom is 0.234 e. The summed E-state index contributed by atoms with van der Waals surface area (Å²) in [6, 6.07) is -42.5. The highest BCUT2D eigenvalue weighted by atomic mass is 28.3. The predicted octanol–water partition coefficient (Wildman–Crippen LogP) is 13.1.